The molecule has 39 heavy (non-hydrogen) atoms. The van der Waals surface area contributed by atoms with Gasteiger partial charge in [0, 0.05) is 54.4 Å². The maximum Gasteiger partial charge on any atom is 0.322 e. The van der Waals surface area contributed by atoms with Gasteiger partial charge in [-0.15, -0.1) is 0 Å². The number of anilines is 1. The lowest BCUT2D eigenvalue weighted by molar-refractivity contribution is -0.123. The van der Waals surface area contributed by atoms with E-state index in [-0.39, 0.29) is 40.9 Å². The van der Waals surface area contributed by atoms with Crippen molar-refractivity contribution >= 4 is 29.5 Å². The van der Waals surface area contributed by atoms with Gasteiger partial charge in [0.1, 0.15) is 12.0 Å². The van der Waals surface area contributed by atoms with Gasteiger partial charge in [0.05, 0.1) is 5.69 Å². The fourth-order valence-electron chi connectivity index (χ4n) is 4.50. The van der Waals surface area contributed by atoms with Crippen molar-refractivity contribution in [2.45, 2.75) is 89.3 Å². The normalized spacial score (nSPS) is 25.4. The van der Waals surface area contributed by atoms with E-state index >= 15 is 0 Å². The van der Waals surface area contributed by atoms with Gasteiger partial charge in [-0.2, -0.15) is 5.10 Å². The Labute approximate surface area is 236 Å². The predicted molar refractivity (Wildman–Crippen MR) is 155 cm³/mol. The van der Waals surface area contributed by atoms with E-state index < -0.39 is 0 Å². The van der Waals surface area contributed by atoms with Crippen molar-refractivity contribution in [2.75, 3.05) is 12.4 Å². The van der Waals surface area contributed by atoms with Crippen LogP contribution in [0, 0.1) is 29.6 Å². The van der Waals surface area contributed by atoms with Crippen molar-refractivity contribution in [3.8, 4) is 11.8 Å². The molecule has 1 aromatic heterocycles. The number of nitrogens with one attached hydrogen (secondary N) is 4. The monoisotopic (exact) mass is 551 g/mol. The van der Waals surface area contributed by atoms with Crippen molar-refractivity contribution in [2.24, 2.45) is 17.8 Å². The zero-order valence-corrected chi connectivity index (χ0v) is 24.2. The van der Waals surface area contributed by atoms with Crippen molar-refractivity contribution in [1.82, 2.24) is 30.6 Å². The molecule has 210 valence electrons. The van der Waals surface area contributed by atoms with Crippen molar-refractivity contribution in [1.29, 1.82) is 0 Å². The maximum atomic E-state index is 12.8. The Kier molecular flexibility index (Phi) is 8.17. The fourth-order valence-corrected chi connectivity index (χ4v) is 5.48. The maximum absolute atomic E-state index is 12.8. The highest BCUT2D eigenvalue weighted by Crippen LogP contribution is 2.33. The van der Waals surface area contributed by atoms with Crippen LogP contribution in [0.25, 0.3) is 0 Å². The molecule has 0 radical (unpaired) electrons. The minimum atomic E-state index is -0.243. The lowest BCUT2D eigenvalue weighted by atomic mass is 9.92. The average Bonchev–Trinajstić information content (AvgIpc) is 3.79. The zero-order chi connectivity index (χ0) is 27.6. The largest absolute Gasteiger partial charge is 0.362 e. The van der Waals surface area contributed by atoms with Crippen LogP contribution < -0.4 is 21.3 Å². The summed E-state index contributed by atoms with van der Waals surface area (Å²) in [5.74, 6) is 8.53. The molecule has 9 nitrogen and oxygen atoms in total. The van der Waals surface area contributed by atoms with Crippen LogP contribution in [0.15, 0.2) is 29.4 Å². The third-order valence-electron chi connectivity index (χ3n) is 7.43. The van der Waals surface area contributed by atoms with Crippen molar-refractivity contribution in [3.05, 3.63) is 35.1 Å². The minimum Gasteiger partial charge on any atom is -0.362 e. The van der Waals surface area contributed by atoms with E-state index in [1.807, 2.05) is 35.1 Å². The van der Waals surface area contributed by atoms with Gasteiger partial charge in [-0.1, -0.05) is 50.4 Å². The SMILES string of the molecule is CN1/C=C\C(CCC2=CNC(NC(=O)Nc3cc(C(C)(C)C)nn3CC3CC3)S2)C#CCC1NC(=O)C1CC1. The van der Waals surface area contributed by atoms with E-state index in [4.69, 9.17) is 5.10 Å². The Morgan fingerprint density at radius 3 is 2.72 bits per heavy atom. The third kappa shape index (κ3) is 7.75. The molecule has 4 N–H and O–H groups in total. The Bertz CT molecular complexity index is 1200. The smallest absolute Gasteiger partial charge is 0.322 e. The van der Waals surface area contributed by atoms with Crippen LogP contribution in [0.2, 0.25) is 0 Å². The van der Waals surface area contributed by atoms with E-state index in [1.54, 1.807) is 11.8 Å². The molecule has 0 saturated heterocycles. The summed E-state index contributed by atoms with van der Waals surface area (Å²) < 4.78 is 1.95. The topological polar surface area (TPSA) is 103 Å². The van der Waals surface area contributed by atoms with E-state index in [2.05, 4.69) is 60.0 Å². The summed E-state index contributed by atoms with van der Waals surface area (Å²) >= 11 is 1.62. The van der Waals surface area contributed by atoms with E-state index in [0.717, 1.165) is 43.7 Å². The molecule has 0 spiro atoms. The fraction of sp³-hybridized carbons (Fsp3) is 0.621. The van der Waals surface area contributed by atoms with Gasteiger partial charge >= 0.3 is 6.03 Å². The van der Waals surface area contributed by atoms with Crippen molar-refractivity contribution < 1.29 is 9.59 Å². The summed E-state index contributed by atoms with van der Waals surface area (Å²) in [7, 11) is 1.99. The molecule has 2 aliphatic carbocycles. The lowest BCUT2D eigenvalue weighted by Crippen LogP contribution is -2.44. The standard InChI is InChI=1S/C29H41N7O2S/c1-29(2,3)23-16-25(36(34-23)18-20-8-9-20)32-27(38)33-28-30-17-22(39-28)13-10-19-6-5-7-24(35(4)15-14-19)31-26(37)21-11-12-21/h14-17,19-21,24,28,30H,7-13,18H2,1-4H3,(H,31,37)(H2,32,33,38)/b15-14-. The number of hydrogen-bond donors (Lipinski definition) is 4. The molecule has 1 aromatic rings. The second-order valence-electron chi connectivity index (χ2n) is 12.1. The number of nitrogens with zero attached hydrogens (tertiary/aromatic N) is 3. The van der Waals surface area contributed by atoms with Crippen LogP contribution in [0.1, 0.15) is 71.4 Å². The number of carbonyl (C=O) groups excluding carboxylic acids is 2. The summed E-state index contributed by atoms with van der Waals surface area (Å²) in [6.07, 6.45) is 12.9. The van der Waals surface area contributed by atoms with Crippen LogP contribution in [0.3, 0.4) is 0 Å². The van der Waals surface area contributed by atoms with E-state index in [0.29, 0.717) is 12.3 Å². The Morgan fingerprint density at radius 2 is 2.00 bits per heavy atom. The highest BCUT2D eigenvalue weighted by molar-refractivity contribution is 8.03. The molecule has 3 heterocycles. The molecule has 2 aliphatic heterocycles. The summed E-state index contributed by atoms with van der Waals surface area (Å²) in [4.78, 5) is 28.2. The second-order valence-corrected chi connectivity index (χ2v) is 13.4. The lowest BCUT2D eigenvalue weighted by Gasteiger charge is -2.27. The summed E-state index contributed by atoms with van der Waals surface area (Å²) in [6, 6.07) is 1.75. The first-order valence-corrected chi connectivity index (χ1v) is 15.0. The zero-order valence-electron chi connectivity index (χ0n) is 23.4. The van der Waals surface area contributed by atoms with E-state index in [9.17, 15) is 9.59 Å². The van der Waals surface area contributed by atoms with Crippen LogP contribution in [-0.2, 0) is 16.8 Å². The highest BCUT2D eigenvalue weighted by Gasteiger charge is 2.31. The molecule has 3 unspecified atom stereocenters. The highest BCUT2D eigenvalue weighted by atomic mass is 32.2. The van der Waals surface area contributed by atoms with Crippen LogP contribution in [0.4, 0.5) is 10.6 Å². The molecule has 3 atom stereocenters. The van der Waals surface area contributed by atoms with Crippen LogP contribution in [0.5, 0.6) is 0 Å². The number of thioether (sulfide) groups is 1. The van der Waals surface area contributed by atoms with Gasteiger partial charge < -0.3 is 20.9 Å². The Morgan fingerprint density at radius 1 is 1.21 bits per heavy atom. The number of rotatable bonds is 9. The quantitative estimate of drug-likeness (QED) is 0.342. The minimum absolute atomic E-state index is 0.0783. The van der Waals surface area contributed by atoms with Gasteiger partial charge in [-0.05, 0) is 50.6 Å². The first kappa shape index (κ1) is 27.5. The Balaban J connectivity index is 1.07. The number of allylic oxidation sites excluding steroid dienone is 2. The van der Waals surface area contributed by atoms with Gasteiger partial charge in [0.2, 0.25) is 5.91 Å². The molecule has 4 aliphatic rings. The first-order chi connectivity index (χ1) is 18.6. The Hall–Kier alpha value is -3.06. The number of carbonyl (C=O) groups is 2. The van der Waals surface area contributed by atoms with Gasteiger partial charge in [0.25, 0.3) is 0 Å². The van der Waals surface area contributed by atoms with Gasteiger partial charge in [-0.3, -0.25) is 10.1 Å². The van der Waals surface area contributed by atoms with Gasteiger partial charge in [0.15, 0.2) is 5.50 Å². The van der Waals surface area contributed by atoms with Crippen molar-refractivity contribution in [3.63, 3.8) is 0 Å². The molecule has 0 aromatic carbocycles. The molecule has 3 amide bonds. The molecule has 2 saturated carbocycles. The second kappa shape index (κ2) is 11.6. The summed E-state index contributed by atoms with van der Waals surface area (Å²) in [5.41, 5.74) is 0.678. The first-order valence-electron chi connectivity index (χ1n) is 14.1. The van der Waals surface area contributed by atoms with Gasteiger partial charge in [-0.25, -0.2) is 9.48 Å². The molecular formula is C29H41N7O2S. The number of hydrogen-bond acceptors (Lipinski definition) is 6. The van der Waals surface area contributed by atoms with Crippen LogP contribution in [-0.4, -0.2) is 45.3 Å². The molecule has 2 fully saturated rings. The third-order valence-corrected chi connectivity index (χ3v) is 8.55. The van der Waals surface area contributed by atoms with E-state index in [1.165, 1.54) is 17.7 Å². The summed E-state index contributed by atoms with van der Waals surface area (Å²) in [5, 5.41) is 17.2. The molecule has 5 rings (SSSR count). The van der Waals surface area contributed by atoms with Crippen LogP contribution >= 0.6 is 11.8 Å². The number of urea groups is 1. The average molecular weight is 552 g/mol. The molecule has 10 heteroatoms. The number of aromatic nitrogens is 2. The predicted octanol–water partition coefficient (Wildman–Crippen LogP) is 4.27. The molecular weight excluding hydrogens is 510 g/mol. The number of amides is 3. The molecule has 0 bridgehead atoms. The summed E-state index contributed by atoms with van der Waals surface area (Å²) in [6.45, 7) is 7.25.